The average Bonchev–Trinajstić information content (AvgIpc) is 2.59. The molecule has 0 bridgehead atoms. The summed E-state index contributed by atoms with van der Waals surface area (Å²) in [5.74, 6) is 0.807. The molecule has 0 saturated carbocycles. The van der Waals surface area contributed by atoms with E-state index in [9.17, 15) is 0 Å². The van der Waals surface area contributed by atoms with Crippen LogP contribution in [0.2, 0.25) is 5.02 Å². The van der Waals surface area contributed by atoms with Crippen molar-refractivity contribution >= 4 is 39.1 Å². The van der Waals surface area contributed by atoms with Gasteiger partial charge >= 0.3 is 0 Å². The SMILES string of the molecule is COc1ccc2nc3cc(Cl)ccc3c(NN(C)CCN(C)C)c2c1. The minimum atomic E-state index is 0.680. The van der Waals surface area contributed by atoms with Gasteiger partial charge in [0.25, 0.3) is 0 Å². The Morgan fingerprint density at radius 2 is 1.80 bits per heavy atom. The number of halogens is 1. The third kappa shape index (κ3) is 3.95. The summed E-state index contributed by atoms with van der Waals surface area (Å²) in [6, 6.07) is 11.7. The van der Waals surface area contributed by atoms with E-state index in [4.69, 9.17) is 21.3 Å². The van der Waals surface area contributed by atoms with Gasteiger partial charge in [-0.2, -0.15) is 0 Å². The standard InChI is InChI=1S/C19H23ClN4O/c1-23(2)9-10-24(3)22-19-15-7-5-13(20)11-18(15)21-17-8-6-14(25-4)12-16(17)19/h5-8,11-12H,9-10H2,1-4H3,(H,21,22). The number of likely N-dealkylation sites (N-methyl/N-ethyl adjacent to an activating group) is 2. The second-order valence-electron chi connectivity index (χ2n) is 6.37. The van der Waals surface area contributed by atoms with E-state index in [2.05, 4.69) is 29.4 Å². The fourth-order valence-electron chi connectivity index (χ4n) is 2.74. The summed E-state index contributed by atoms with van der Waals surface area (Å²) in [4.78, 5) is 6.91. The van der Waals surface area contributed by atoms with Crippen molar-refractivity contribution in [2.45, 2.75) is 0 Å². The first kappa shape index (κ1) is 17.7. The molecule has 25 heavy (non-hydrogen) atoms. The Morgan fingerprint density at radius 3 is 2.52 bits per heavy atom. The zero-order valence-corrected chi connectivity index (χ0v) is 15.8. The minimum absolute atomic E-state index is 0.680. The molecule has 1 N–H and O–H groups in total. The molecule has 0 aliphatic rings. The van der Waals surface area contributed by atoms with Gasteiger partial charge in [-0.15, -0.1) is 0 Å². The van der Waals surface area contributed by atoms with Gasteiger partial charge in [0.15, 0.2) is 0 Å². The molecule has 1 aromatic heterocycles. The number of nitrogens with zero attached hydrogens (tertiary/aromatic N) is 3. The number of fused-ring (bicyclic) bond motifs is 2. The van der Waals surface area contributed by atoms with Crippen LogP contribution in [0.15, 0.2) is 36.4 Å². The first-order valence-corrected chi connectivity index (χ1v) is 8.55. The van der Waals surface area contributed by atoms with Crippen LogP contribution < -0.4 is 10.2 Å². The maximum absolute atomic E-state index is 6.16. The quantitative estimate of drug-likeness (QED) is 0.535. The predicted molar refractivity (Wildman–Crippen MR) is 106 cm³/mol. The smallest absolute Gasteiger partial charge is 0.119 e. The van der Waals surface area contributed by atoms with Crippen LogP contribution in [0.25, 0.3) is 21.8 Å². The zero-order valence-electron chi connectivity index (χ0n) is 15.0. The molecule has 3 rings (SSSR count). The molecule has 0 unspecified atom stereocenters. The van der Waals surface area contributed by atoms with E-state index in [1.165, 1.54) is 0 Å². The van der Waals surface area contributed by atoms with Crippen molar-refractivity contribution in [3.63, 3.8) is 0 Å². The number of hydrazine groups is 1. The number of pyridine rings is 1. The summed E-state index contributed by atoms with van der Waals surface area (Å²) in [6.45, 7) is 1.84. The van der Waals surface area contributed by atoms with Crippen molar-refractivity contribution in [3.8, 4) is 5.75 Å². The number of rotatable bonds is 6. The van der Waals surface area contributed by atoms with Crippen LogP contribution in [0, 0.1) is 0 Å². The van der Waals surface area contributed by atoms with Crippen LogP contribution in [-0.2, 0) is 0 Å². The van der Waals surface area contributed by atoms with Gasteiger partial charge < -0.3 is 15.1 Å². The van der Waals surface area contributed by atoms with Crippen molar-refractivity contribution in [2.24, 2.45) is 0 Å². The molecular formula is C19H23ClN4O. The topological polar surface area (TPSA) is 40.6 Å². The Labute approximate surface area is 153 Å². The van der Waals surface area contributed by atoms with Gasteiger partial charge in [0.1, 0.15) is 5.75 Å². The highest BCUT2D eigenvalue weighted by Crippen LogP contribution is 2.34. The van der Waals surface area contributed by atoms with Gasteiger partial charge in [0.2, 0.25) is 0 Å². The summed E-state index contributed by atoms with van der Waals surface area (Å²) in [6.07, 6.45) is 0. The monoisotopic (exact) mass is 358 g/mol. The number of aromatic nitrogens is 1. The number of hydrogen-bond acceptors (Lipinski definition) is 5. The average molecular weight is 359 g/mol. The van der Waals surface area contributed by atoms with E-state index >= 15 is 0 Å². The zero-order chi connectivity index (χ0) is 18.0. The van der Waals surface area contributed by atoms with Crippen LogP contribution in [0.1, 0.15) is 0 Å². The van der Waals surface area contributed by atoms with E-state index < -0.39 is 0 Å². The second-order valence-corrected chi connectivity index (χ2v) is 6.80. The highest BCUT2D eigenvalue weighted by molar-refractivity contribution is 6.31. The lowest BCUT2D eigenvalue weighted by atomic mass is 10.1. The summed E-state index contributed by atoms with van der Waals surface area (Å²) in [5.41, 5.74) is 6.30. The molecule has 0 atom stereocenters. The van der Waals surface area contributed by atoms with E-state index in [1.54, 1.807) is 7.11 Å². The summed E-state index contributed by atoms with van der Waals surface area (Å²) in [5, 5.41) is 4.81. The first-order chi connectivity index (χ1) is 12.0. The van der Waals surface area contributed by atoms with Crippen molar-refractivity contribution < 1.29 is 4.74 Å². The van der Waals surface area contributed by atoms with Crippen LogP contribution in [0.4, 0.5) is 5.69 Å². The molecule has 5 nitrogen and oxygen atoms in total. The first-order valence-electron chi connectivity index (χ1n) is 8.17. The lowest BCUT2D eigenvalue weighted by molar-refractivity contribution is 0.318. The Morgan fingerprint density at radius 1 is 1.00 bits per heavy atom. The number of anilines is 1. The molecule has 0 radical (unpaired) electrons. The van der Waals surface area contributed by atoms with Crippen molar-refractivity contribution in [1.82, 2.24) is 14.9 Å². The second kappa shape index (κ2) is 7.44. The summed E-state index contributed by atoms with van der Waals surface area (Å²) >= 11 is 6.16. The maximum atomic E-state index is 6.16. The maximum Gasteiger partial charge on any atom is 0.119 e. The number of nitrogens with one attached hydrogen (secondary N) is 1. The molecule has 0 fully saturated rings. The van der Waals surface area contributed by atoms with Crippen LogP contribution in [0.3, 0.4) is 0 Å². The Balaban J connectivity index is 2.12. The largest absolute Gasteiger partial charge is 0.497 e. The molecule has 0 aliphatic heterocycles. The normalized spacial score (nSPS) is 11.6. The molecule has 1 heterocycles. The Bertz CT molecular complexity index is 897. The molecule has 0 saturated heterocycles. The van der Waals surface area contributed by atoms with E-state index in [1.807, 2.05) is 43.4 Å². The lowest BCUT2D eigenvalue weighted by Crippen LogP contribution is -2.32. The molecule has 6 heteroatoms. The molecule has 132 valence electrons. The van der Waals surface area contributed by atoms with Gasteiger partial charge in [0, 0.05) is 35.9 Å². The van der Waals surface area contributed by atoms with Gasteiger partial charge in [0.05, 0.1) is 23.8 Å². The molecule has 0 spiro atoms. The molecule has 2 aromatic carbocycles. The fourth-order valence-corrected chi connectivity index (χ4v) is 2.91. The van der Waals surface area contributed by atoms with Gasteiger partial charge in [-0.1, -0.05) is 11.6 Å². The van der Waals surface area contributed by atoms with Crippen molar-refractivity contribution in [3.05, 3.63) is 41.4 Å². The number of benzene rings is 2. The third-order valence-corrected chi connectivity index (χ3v) is 4.36. The Hall–Kier alpha value is -2.08. The highest BCUT2D eigenvalue weighted by Gasteiger charge is 2.12. The van der Waals surface area contributed by atoms with E-state index in [-0.39, 0.29) is 0 Å². The molecule has 0 aliphatic carbocycles. The Kier molecular flexibility index (Phi) is 5.27. The van der Waals surface area contributed by atoms with E-state index in [0.717, 1.165) is 46.3 Å². The predicted octanol–water partition coefficient (Wildman–Crippen LogP) is 3.87. The number of methoxy groups -OCH3 is 1. The molecule has 3 aromatic rings. The van der Waals surface area contributed by atoms with Gasteiger partial charge in [-0.05, 0) is 50.5 Å². The molecule has 0 amide bonds. The molecular weight excluding hydrogens is 336 g/mol. The van der Waals surface area contributed by atoms with Crippen LogP contribution >= 0.6 is 11.6 Å². The van der Waals surface area contributed by atoms with Crippen LogP contribution in [-0.4, -0.2) is 56.2 Å². The van der Waals surface area contributed by atoms with Crippen molar-refractivity contribution in [2.75, 3.05) is 46.8 Å². The number of hydrogen-bond donors (Lipinski definition) is 1. The summed E-state index contributed by atoms with van der Waals surface area (Å²) in [7, 11) is 7.85. The number of ether oxygens (including phenoxy) is 1. The van der Waals surface area contributed by atoms with Crippen molar-refractivity contribution in [1.29, 1.82) is 0 Å². The summed E-state index contributed by atoms with van der Waals surface area (Å²) < 4.78 is 5.40. The lowest BCUT2D eigenvalue weighted by Gasteiger charge is -2.23. The van der Waals surface area contributed by atoms with Gasteiger partial charge in [-0.3, -0.25) is 0 Å². The third-order valence-electron chi connectivity index (χ3n) is 4.13. The highest BCUT2D eigenvalue weighted by atomic mass is 35.5. The fraction of sp³-hybridized carbons (Fsp3) is 0.316. The van der Waals surface area contributed by atoms with Gasteiger partial charge in [-0.25, -0.2) is 9.99 Å². The van der Waals surface area contributed by atoms with E-state index in [0.29, 0.717) is 5.02 Å². The van der Waals surface area contributed by atoms with Crippen LogP contribution in [0.5, 0.6) is 5.75 Å². The minimum Gasteiger partial charge on any atom is -0.497 e.